The molecule has 0 aromatic heterocycles. The van der Waals surface area contributed by atoms with Gasteiger partial charge in [-0.25, -0.2) is 0 Å². The van der Waals surface area contributed by atoms with Crippen molar-refractivity contribution in [1.29, 1.82) is 0 Å². The van der Waals surface area contributed by atoms with Gasteiger partial charge in [0.25, 0.3) is 10.5 Å². The van der Waals surface area contributed by atoms with Crippen LogP contribution >= 0.6 is 25.3 Å². The highest BCUT2D eigenvalue weighted by molar-refractivity contribution is 7.96. The normalized spacial score (nSPS) is 8.35. The van der Waals surface area contributed by atoms with Crippen molar-refractivity contribution in [2.45, 2.75) is 48.5 Å². The van der Waals surface area contributed by atoms with Crippen LogP contribution in [0.25, 0.3) is 0 Å². The second-order valence-electron chi connectivity index (χ2n) is 6.81. The lowest BCUT2D eigenvalue weighted by molar-refractivity contribution is 0.241. The van der Waals surface area contributed by atoms with Gasteiger partial charge in [-0.15, -0.1) is 0 Å². The molecule has 0 aliphatic rings. The number of hydrogen-bond donors (Lipinski definition) is 4. The molecule has 0 saturated carbocycles. The summed E-state index contributed by atoms with van der Waals surface area (Å²) in [5, 5.41) is 7.90. The van der Waals surface area contributed by atoms with Crippen LogP contribution in [0.3, 0.4) is 0 Å². The minimum Gasteiger partial charge on any atom is -0.508 e. The maximum absolute atomic E-state index is 9.93. The fourth-order valence-corrected chi connectivity index (χ4v) is 0.545. The number of benzene rings is 1. The number of carbonyl (C=O) groups is 2. The molecular formula is C19H38N2O3S2. The van der Waals surface area contributed by atoms with Gasteiger partial charge in [-0.3, -0.25) is 9.59 Å². The Hall–Kier alpha value is -1.34. The molecule has 5 nitrogen and oxygen atoms in total. The van der Waals surface area contributed by atoms with Crippen LogP contribution in [0.4, 0.5) is 9.59 Å². The molecular weight excluding hydrogens is 368 g/mol. The summed E-state index contributed by atoms with van der Waals surface area (Å²) in [5.74, 6) is 2.00. The minimum absolute atomic E-state index is 0.213. The summed E-state index contributed by atoms with van der Waals surface area (Å²) in [6, 6.07) is 7.09. The van der Waals surface area contributed by atoms with Crippen LogP contribution in [0.2, 0.25) is 0 Å². The number of thiol groups is 2. The Morgan fingerprint density at radius 1 is 0.923 bits per heavy atom. The third-order valence-electron chi connectivity index (χ3n) is 1.42. The van der Waals surface area contributed by atoms with Crippen LogP contribution in [0.5, 0.6) is 5.75 Å². The Morgan fingerprint density at radius 3 is 1.23 bits per heavy atom. The standard InChI is InChI=1S/C7H8O.2C4H10.C3H7NOS.CH3NOS/c1-6-2-4-7(8)5-3-6;2*1-4(2)3;1-4(2)3(5)6;2-1(3)4/h2-5,8H,1H3;2*4H,1-3H3;1-2H3,(H,5,6);(H3,2,3,4). The summed E-state index contributed by atoms with van der Waals surface area (Å²) in [4.78, 5) is 20.4. The average Bonchev–Trinajstić information content (AvgIpc) is 2.41. The van der Waals surface area contributed by atoms with Crippen LogP contribution < -0.4 is 5.73 Å². The highest BCUT2D eigenvalue weighted by Gasteiger charge is 1.89. The second kappa shape index (κ2) is 21.7. The number of carbonyl (C=O) groups excluding carboxylic acids is 2. The van der Waals surface area contributed by atoms with Gasteiger partial charge < -0.3 is 15.7 Å². The summed E-state index contributed by atoms with van der Waals surface area (Å²) >= 11 is 6.58. The Kier molecular flexibility index (Phi) is 27.0. The molecule has 0 radical (unpaired) electrons. The van der Waals surface area contributed by atoms with Crippen molar-refractivity contribution in [3.05, 3.63) is 29.8 Å². The van der Waals surface area contributed by atoms with Crippen LogP contribution in [0.1, 0.15) is 47.1 Å². The predicted octanol–water partition coefficient (Wildman–Crippen LogP) is 5.62. The zero-order chi connectivity index (χ0) is 21.9. The summed E-state index contributed by atoms with van der Waals surface area (Å²) in [5.41, 5.74) is 5.51. The molecule has 1 aromatic rings. The Balaban J connectivity index is -0.000000121. The Labute approximate surface area is 171 Å². The summed E-state index contributed by atoms with van der Waals surface area (Å²) in [7, 11) is 3.30. The van der Waals surface area contributed by atoms with E-state index in [1.807, 2.05) is 19.1 Å². The number of amides is 2. The SMILES string of the molecule is CC(C)C.CC(C)C.CN(C)C(=O)S.Cc1ccc(O)cc1.NC(=O)S. The van der Waals surface area contributed by atoms with E-state index < -0.39 is 5.24 Å². The van der Waals surface area contributed by atoms with Gasteiger partial charge in [0.2, 0.25) is 0 Å². The zero-order valence-electron chi connectivity index (χ0n) is 17.6. The maximum atomic E-state index is 9.93. The highest BCUT2D eigenvalue weighted by Crippen LogP contribution is 2.07. The molecule has 0 atom stereocenters. The van der Waals surface area contributed by atoms with Crippen molar-refractivity contribution >= 4 is 35.7 Å². The maximum Gasteiger partial charge on any atom is 0.278 e. The van der Waals surface area contributed by atoms with Gasteiger partial charge in [-0.2, -0.15) is 0 Å². The Bertz CT molecular complexity index is 412. The summed E-state index contributed by atoms with van der Waals surface area (Å²) < 4.78 is 0. The van der Waals surface area contributed by atoms with E-state index in [0.29, 0.717) is 5.75 Å². The molecule has 0 heterocycles. The van der Waals surface area contributed by atoms with E-state index >= 15 is 0 Å². The molecule has 0 unspecified atom stereocenters. The highest BCUT2D eigenvalue weighted by atomic mass is 32.1. The largest absolute Gasteiger partial charge is 0.508 e. The molecule has 1 rings (SSSR count). The third kappa shape index (κ3) is 66.3. The van der Waals surface area contributed by atoms with E-state index in [1.54, 1.807) is 26.2 Å². The van der Waals surface area contributed by atoms with Crippen molar-refractivity contribution in [3.63, 3.8) is 0 Å². The molecule has 7 heteroatoms. The first-order valence-electron chi connectivity index (χ1n) is 8.27. The fraction of sp³-hybridized carbons (Fsp3) is 0.579. The van der Waals surface area contributed by atoms with Gasteiger partial charge in [-0.1, -0.05) is 84.5 Å². The fourth-order valence-electron chi connectivity index (χ4n) is 0.545. The number of primary amides is 1. The molecule has 0 aliphatic carbocycles. The number of rotatable bonds is 0. The zero-order valence-corrected chi connectivity index (χ0v) is 19.4. The van der Waals surface area contributed by atoms with Crippen molar-refractivity contribution in [2.75, 3.05) is 14.1 Å². The summed E-state index contributed by atoms with van der Waals surface area (Å²) in [6.45, 7) is 15.0. The lowest BCUT2D eigenvalue weighted by atomic mass is 10.2. The Morgan fingerprint density at radius 2 is 1.12 bits per heavy atom. The molecule has 1 aromatic carbocycles. The quantitative estimate of drug-likeness (QED) is 0.422. The van der Waals surface area contributed by atoms with E-state index in [4.69, 9.17) is 9.90 Å². The molecule has 0 spiro atoms. The van der Waals surface area contributed by atoms with Gasteiger partial charge in [-0.05, 0) is 30.9 Å². The van der Waals surface area contributed by atoms with Gasteiger partial charge >= 0.3 is 0 Å². The van der Waals surface area contributed by atoms with Crippen molar-refractivity contribution < 1.29 is 14.7 Å². The van der Waals surface area contributed by atoms with E-state index in [0.717, 1.165) is 11.8 Å². The monoisotopic (exact) mass is 406 g/mol. The molecule has 154 valence electrons. The molecule has 0 fully saturated rings. The number of phenolic OH excluding ortho intramolecular Hbond substituents is 1. The van der Waals surface area contributed by atoms with Crippen molar-refractivity contribution in [2.24, 2.45) is 17.6 Å². The van der Waals surface area contributed by atoms with E-state index in [2.05, 4.69) is 72.5 Å². The van der Waals surface area contributed by atoms with Crippen LogP contribution in [-0.4, -0.2) is 34.6 Å². The first kappa shape index (κ1) is 32.3. The van der Waals surface area contributed by atoms with Crippen LogP contribution in [0.15, 0.2) is 24.3 Å². The molecule has 26 heavy (non-hydrogen) atoms. The van der Waals surface area contributed by atoms with Crippen LogP contribution in [0, 0.1) is 18.8 Å². The number of aryl methyl sites for hydroxylation is 1. The number of phenols is 1. The number of aromatic hydroxyl groups is 1. The number of nitrogens with zero attached hydrogens (tertiary/aromatic N) is 1. The first-order chi connectivity index (χ1) is 11.6. The van der Waals surface area contributed by atoms with Gasteiger partial charge in [0.05, 0.1) is 0 Å². The third-order valence-corrected chi connectivity index (χ3v) is 1.82. The molecule has 0 bridgehead atoms. The lowest BCUT2D eigenvalue weighted by Gasteiger charge is -2.01. The molecule has 0 saturated heterocycles. The average molecular weight is 407 g/mol. The minimum atomic E-state index is -0.639. The van der Waals surface area contributed by atoms with Crippen molar-refractivity contribution in [3.8, 4) is 5.75 Å². The van der Waals surface area contributed by atoms with E-state index in [-0.39, 0.29) is 5.24 Å². The van der Waals surface area contributed by atoms with E-state index in [1.165, 1.54) is 10.5 Å². The molecule has 2 amide bonds. The van der Waals surface area contributed by atoms with E-state index in [9.17, 15) is 4.79 Å². The number of nitrogens with two attached hydrogens (primary N) is 1. The smallest absolute Gasteiger partial charge is 0.278 e. The van der Waals surface area contributed by atoms with Gasteiger partial charge in [0, 0.05) is 14.1 Å². The van der Waals surface area contributed by atoms with Gasteiger partial charge in [0.15, 0.2) is 0 Å². The first-order valence-corrected chi connectivity index (χ1v) is 9.17. The summed E-state index contributed by atoms with van der Waals surface area (Å²) in [6.07, 6.45) is 0. The molecule has 3 N–H and O–H groups in total. The van der Waals surface area contributed by atoms with Crippen molar-refractivity contribution in [1.82, 2.24) is 4.90 Å². The van der Waals surface area contributed by atoms with Crippen LogP contribution in [-0.2, 0) is 0 Å². The van der Waals surface area contributed by atoms with Gasteiger partial charge in [0.1, 0.15) is 5.75 Å². The molecule has 0 aliphatic heterocycles. The lowest BCUT2D eigenvalue weighted by Crippen LogP contribution is -2.13. The topological polar surface area (TPSA) is 83.6 Å². The number of hydrogen-bond acceptors (Lipinski definition) is 3. The second-order valence-corrected chi connectivity index (χ2v) is 7.64. The predicted molar refractivity (Wildman–Crippen MR) is 121 cm³/mol.